The van der Waals surface area contributed by atoms with E-state index in [1.165, 1.54) is 18.2 Å². The van der Waals surface area contributed by atoms with E-state index >= 15 is 0 Å². The Bertz CT molecular complexity index is 1240. The zero-order valence-corrected chi connectivity index (χ0v) is 18.9. The molecule has 17 heteroatoms. The molecule has 14 nitrogen and oxygen atoms in total. The largest absolute Gasteiger partial charge is 0.481 e. The van der Waals surface area contributed by atoms with Crippen molar-refractivity contribution < 1.29 is 52.0 Å². The van der Waals surface area contributed by atoms with E-state index < -0.39 is 63.9 Å². The van der Waals surface area contributed by atoms with Crippen LogP contribution < -0.4 is 11.2 Å². The highest BCUT2D eigenvalue weighted by Crippen LogP contribution is 2.57. The molecule has 3 rings (SSSR count). The number of phosphoric ester groups is 1. The van der Waals surface area contributed by atoms with Crippen molar-refractivity contribution in [3.63, 3.8) is 0 Å². The van der Waals surface area contributed by atoms with Crippen LogP contribution in [0.5, 0.6) is 0 Å². The van der Waals surface area contributed by atoms with E-state index in [2.05, 4.69) is 8.83 Å². The van der Waals surface area contributed by atoms with E-state index in [-0.39, 0.29) is 13.0 Å². The van der Waals surface area contributed by atoms with Gasteiger partial charge in [-0.25, -0.2) is 18.3 Å². The molecule has 188 valence electrons. The summed E-state index contributed by atoms with van der Waals surface area (Å²) in [5.41, 5.74) is -1.07. The van der Waals surface area contributed by atoms with Crippen LogP contribution in [0.2, 0.25) is 0 Å². The number of aliphatic hydroxyl groups excluding tert-OH is 2. The van der Waals surface area contributed by atoms with Crippen LogP contribution in [-0.4, -0.2) is 58.9 Å². The molecule has 2 heterocycles. The Morgan fingerprint density at radius 2 is 1.79 bits per heavy atom. The maximum Gasteiger partial charge on any atom is 0.481 e. The van der Waals surface area contributed by atoms with Gasteiger partial charge in [-0.3, -0.25) is 18.5 Å². The van der Waals surface area contributed by atoms with Crippen LogP contribution in [0.25, 0.3) is 0 Å². The SMILES string of the molecule is O=c1ccn([C@@H]2O[C@H](COP(=O)(O)OP(=O)(O)O)C(O)C2O)c(=O)n1CCc1cccc(F)c1. The van der Waals surface area contributed by atoms with Gasteiger partial charge in [0.2, 0.25) is 0 Å². The number of aryl methyl sites for hydroxylation is 1. The van der Waals surface area contributed by atoms with Gasteiger partial charge in [-0.05, 0) is 24.1 Å². The topological polar surface area (TPSA) is 207 Å². The summed E-state index contributed by atoms with van der Waals surface area (Å²) >= 11 is 0. The molecule has 0 bridgehead atoms. The first-order valence-corrected chi connectivity index (χ1v) is 12.6. The lowest BCUT2D eigenvalue weighted by molar-refractivity contribution is -0.0548. The Hall–Kier alpha value is -2.03. The van der Waals surface area contributed by atoms with Crippen molar-refractivity contribution in [2.45, 2.75) is 37.5 Å². The summed E-state index contributed by atoms with van der Waals surface area (Å²) in [5, 5.41) is 20.5. The van der Waals surface area contributed by atoms with Crippen LogP contribution in [0.15, 0.2) is 46.1 Å². The van der Waals surface area contributed by atoms with E-state index in [4.69, 9.17) is 14.5 Å². The van der Waals surface area contributed by atoms with E-state index in [0.717, 1.165) is 21.4 Å². The molecule has 3 unspecified atom stereocenters. The van der Waals surface area contributed by atoms with Gasteiger partial charge in [0, 0.05) is 18.8 Å². The minimum absolute atomic E-state index is 0.132. The van der Waals surface area contributed by atoms with E-state index in [9.17, 15) is 38.2 Å². The number of phosphoric acid groups is 2. The minimum Gasteiger partial charge on any atom is -0.387 e. The predicted octanol–water partition coefficient (Wildman–Crippen LogP) is -0.763. The molecule has 0 spiro atoms. The number of hydrogen-bond donors (Lipinski definition) is 5. The monoisotopic (exact) mass is 526 g/mol. The van der Waals surface area contributed by atoms with Crippen molar-refractivity contribution in [1.82, 2.24) is 9.13 Å². The molecule has 5 atom stereocenters. The molecule has 34 heavy (non-hydrogen) atoms. The molecule has 0 aliphatic carbocycles. The lowest BCUT2D eigenvalue weighted by atomic mass is 10.1. The second-order valence-electron chi connectivity index (χ2n) is 7.26. The molecule has 1 aromatic carbocycles. The number of aliphatic hydroxyl groups is 2. The zero-order valence-electron chi connectivity index (χ0n) is 17.2. The van der Waals surface area contributed by atoms with Gasteiger partial charge < -0.3 is 29.6 Å². The van der Waals surface area contributed by atoms with E-state index in [1.54, 1.807) is 6.07 Å². The van der Waals surface area contributed by atoms with Crippen LogP contribution in [0.3, 0.4) is 0 Å². The van der Waals surface area contributed by atoms with Gasteiger partial charge in [-0.15, -0.1) is 0 Å². The molecular weight excluding hydrogens is 505 g/mol. The highest BCUT2D eigenvalue weighted by Gasteiger charge is 2.45. The standard InChI is InChI=1S/C17H21FN2O12P2/c18-11-3-1-2-10(8-11)4-6-19-13(21)5-7-20(17(19)24)16-15(23)14(22)12(31-16)9-30-34(28,29)32-33(25,26)27/h1-3,5,7-8,12,14-16,22-23H,4,6,9H2,(H,28,29)(H2,25,26,27)/t12-,14?,15?,16-/m1/s1. The average molecular weight is 526 g/mol. The molecule has 2 aromatic rings. The summed E-state index contributed by atoms with van der Waals surface area (Å²) in [6.07, 6.45) is -5.41. The predicted molar refractivity (Wildman–Crippen MR) is 110 cm³/mol. The van der Waals surface area contributed by atoms with E-state index in [0.29, 0.717) is 5.56 Å². The van der Waals surface area contributed by atoms with Crippen LogP contribution in [0.4, 0.5) is 4.39 Å². The van der Waals surface area contributed by atoms with Gasteiger partial charge in [0.05, 0.1) is 6.61 Å². The lowest BCUT2D eigenvalue weighted by Gasteiger charge is -2.19. The van der Waals surface area contributed by atoms with Gasteiger partial charge in [0.15, 0.2) is 6.23 Å². The van der Waals surface area contributed by atoms with Gasteiger partial charge in [-0.2, -0.15) is 4.31 Å². The first-order valence-electron chi connectivity index (χ1n) is 9.60. The molecule has 1 saturated heterocycles. The zero-order chi connectivity index (χ0) is 25.3. The van der Waals surface area contributed by atoms with Crippen molar-refractivity contribution in [1.29, 1.82) is 0 Å². The first-order chi connectivity index (χ1) is 15.8. The fourth-order valence-corrected chi connectivity index (χ4v) is 4.89. The smallest absolute Gasteiger partial charge is 0.387 e. The minimum atomic E-state index is -5.37. The van der Waals surface area contributed by atoms with Gasteiger partial charge in [0.25, 0.3) is 5.56 Å². The fraction of sp³-hybridized carbons (Fsp3) is 0.412. The van der Waals surface area contributed by atoms with Crippen molar-refractivity contribution in [3.05, 3.63) is 68.7 Å². The number of halogens is 1. The molecule has 5 N–H and O–H groups in total. The van der Waals surface area contributed by atoms with Crippen molar-refractivity contribution >= 4 is 15.6 Å². The highest BCUT2D eigenvalue weighted by molar-refractivity contribution is 7.60. The summed E-state index contributed by atoms with van der Waals surface area (Å²) in [5.74, 6) is -0.487. The van der Waals surface area contributed by atoms with Crippen LogP contribution >= 0.6 is 15.6 Å². The summed E-state index contributed by atoms with van der Waals surface area (Å²) in [6.45, 7) is -1.08. The average Bonchev–Trinajstić information content (AvgIpc) is 2.99. The Labute approximate surface area is 190 Å². The van der Waals surface area contributed by atoms with Crippen LogP contribution in [-0.2, 0) is 35.7 Å². The Balaban J connectivity index is 1.76. The number of hydrogen-bond acceptors (Lipinski definition) is 9. The third kappa shape index (κ3) is 6.55. The third-order valence-corrected chi connectivity index (χ3v) is 6.98. The number of aromatic nitrogens is 2. The Morgan fingerprint density at radius 3 is 2.44 bits per heavy atom. The van der Waals surface area contributed by atoms with Gasteiger partial charge in [-0.1, -0.05) is 12.1 Å². The second-order valence-corrected chi connectivity index (χ2v) is 10.1. The highest BCUT2D eigenvalue weighted by atomic mass is 31.3. The molecule has 0 amide bonds. The number of benzene rings is 1. The number of nitrogens with zero attached hydrogens (tertiary/aromatic N) is 2. The third-order valence-electron chi connectivity index (χ3n) is 4.83. The van der Waals surface area contributed by atoms with Crippen LogP contribution in [0, 0.1) is 5.82 Å². The molecule has 1 aliphatic rings. The Kier molecular flexibility index (Phi) is 8.05. The lowest BCUT2D eigenvalue weighted by Crippen LogP contribution is -2.43. The molecule has 1 fully saturated rings. The quantitative estimate of drug-likeness (QED) is 0.256. The fourth-order valence-electron chi connectivity index (χ4n) is 3.29. The van der Waals surface area contributed by atoms with Crippen molar-refractivity contribution in [2.24, 2.45) is 0 Å². The van der Waals surface area contributed by atoms with Gasteiger partial charge >= 0.3 is 21.3 Å². The normalized spacial score (nSPS) is 24.8. The van der Waals surface area contributed by atoms with Crippen molar-refractivity contribution in [3.8, 4) is 0 Å². The van der Waals surface area contributed by atoms with Crippen molar-refractivity contribution in [2.75, 3.05) is 6.61 Å². The number of rotatable bonds is 9. The molecule has 1 aliphatic heterocycles. The summed E-state index contributed by atoms with van der Waals surface area (Å²) in [6, 6.07) is 6.57. The summed E-state index contributed by atoms with van der Waals surface area (Å²) in [7, 11) is -10.6. The van der Waals surface area contributed by atoms with Gasteiger partial charge in [0.1, 0.15) is 24.1 Å². The van der Waals surface area contributed by atoms with E-state index in [1.807, 2.05) is 0 Å². The molecule has 0 saturated carbocycles. The summed E-state index contributed by atoms with van der Waals surface area (Å²) < 4.78 is 50.6. The first kappa shape index (κ1) is 26.6. The maximum atomic E-state index is 13.4. The maximum absolute atomic E-state index is 13.4. The second kappa shape index (κ2) is 10.3. The van der Waals surface area contributed by atoms with Crippen LogP contribution in [0.1, 0.15) is 11.8 Å². The molecule has 1 aromatic heterocycles. The number of ether oxygens (including phenoxy) is 1. The molecular formula is C17H21FN2O12P2. The Morgan fingerprint density at radius 1 is 1.09 bits per heavy atom. The molecule has 0 radical (unpaired) electrons. The summed E-state index contributed by atoms with van der Waals surface area (Å²) in [4.78, 5) is 51.6.